The van der Waals surface area contributed by atoms with Crippen molar-refractivity contribution in [2.45, 2.75) is 19.3 Å². The van der Waals surface area contributed by atoms with Gasteiger partial charge >= 0.3 is 0 Å². The third-order valence-corrected chi connectivity index (χ3v) is 4.89. The van der Waals surface area contributed by atoms with Gasteiger partial charge in [-0.15, -0.1) is 0 Å². The average molecular weight is 215 g/mol. The number of rotatable bonds is 1. The molecule has 0 amide bonds. The van der Waals surface area contributed by atoms with Crippen molar-refractivity contribution in [1.29, 1.82) is 0 Å². The van der Waals surface area contributed by atoms with Gasteiger partial charge in [-0.3, -0.25) is 4.79 Å². The molecular weight excluding hydrogens is 198 g/mol. The van der Waals surface area contributed by atoms with E-state index in [0.717, 1.165) is 0 Å². The molecule has 2 nitrogen and oxygen atoms in total. The van der Waals surface area contributed by atoms with Crippen LogP contribution >= 0.6 is 0 Å². The van der Waals surface area contributed by atoms with Crippen molar-refractivity contribution < 1.29 is 4.79 Å². The minimum Gasteiger partial charge on any atom is -0.374 e. The molecule has 0 aromatic heterocycles. The molecule has 2 bridgehead atoms. The highest BCUT2D eigenvalue weighted by atomic mass is 16.1. The summed E-state index contributed by atoms with van der Waals surface area (Å²) in [7, 11) is 0. The minimum absolute atomic E-state index is 0.311. The molecule has 1 saturated heterocycles. The Morgan fingerprint density at radius 2 is 1.75 bits per heavy atom. The Labute approximate surface area is 96.0 Å². The number of ketones is 1. The van der Waals surface area contributed by atoms with Crippen molar-refractivity contribution in [3.63, 3.8) is 0 Å². The third-order valence-electron chi connectivity index (χ3n) is 4.89. The first kappa shape index (κ1) is 9.03. The Balaban J connectivity index is 1.70. The van der Waals surface area contributed by atoms with E-state index in [0.29, 0.717) is 29.5 Å². The molecular formula is C14H17NO. The molecule has 3 aliphatic carbocycles. The smallest absolute Gasteiger partial charge is 0.161 e. The van der Waals surface area contributed by atoms with Crippen LogP contribution in [0.1, 0.15) is 19.3 Å². The SMILES string of the molecule is O=C1C=C(N2CCCC2)C2C3C=CC(C3)C12. The van der Waals surface area contributed by atoms with Crippen molar-refractivity contribution in [2.75, 3.05) is 13.1 Å². The summed E-state index contributed by atoms with van der Waals surface area (Å²) in [5.41, 5.74) is 1.38. The highest BCUT2D eigenvalue weighted by Crippen LogP contribution is 2.55. The predicted molar refractivity (Wildman–Crippen MR) is 61.6 cm³/mol. The zero-order valence-electron chi connectivity index (χ0n) is 9.43. The molecule has 4 aliphatic rings. The zero-order valence-corrected chi connectivity index (χ0v) is 9.43. The van der Waals surface area contributed by atoms with Gasteiger partial charge in [-0.2, -0.15) is 0 Å². The molecule has 84 valence electrons. The maximum absolute atomic E-state index is 12.1. The molecule has 16 heavy (non-hydrogen) atoms. The normalized spacial score (nSPS) is 44.4. The Bertz CT molecular complexity index is 403. The fourth-order valence-corrected chi connectivity index (χ4v) is 4.23. The van der Waals surface area contributed by atoms with Crippen molar-refractivity contribution >= 4 is 5.78 Å². The summed E-state index contributed by atoms with van der Waals surface area (Å²) in [6.07, 6.45) is 10.4. The molecule has 0 N–H and O–H groups in total. The molecule has 2 heteroatoms. The van der Waals surface area contributed by atoms with Gasteiger partial charge in [-0.05, 0) is 31.1 Å². The summed E-state index contributed by atoms with van der Waals surface area (Å²) in [5.74, 6) is 2.47. The van der Waals surface area contributed by atoms with E-state index in [1.165, 1.54) is 38.0 Å². The predicted octanol–water partition coefficient (Wildman–Crippen LogP) is 1.99. The molecule has 2 fully saturated rings. The minimum atomic E-state index is 0.311. The topological polar surface area (TPSA) is 20.3 Å². The van der Waals surface area contributed by atoms with Crippen LogP contribution in [0.4, 0.5) is 0 Å². The lowest BCUT2D eigenvalue weighted by molar-refractivity contribution is -0.118. The lowest BCUT2D eigenvalue weighted by Crippen LogP contribution is -2.28. The van der Waals surface area contributed by atoms with Gasteiger partial charge in [0.1, 0.15) is 0 Å². The average Bonchev–Trinajstić information content (AvgIpc) is 2.99. The molecule has 4 unspecified atom stereocenters. The molecule has 0 radical (unpaired) electrons. The Morgan fingerprint density at radius 3 is 2.50 bits per heavy atom. The second-order valence-electron chi connectivity index (χ2n) is 5.67. The number of fused-ring (bicyclic) bond motifs is 5. The van der Waals surface area contributed by atoms with Crippen molar-refractivity contribution in [1.82, 2.24) is 4.90 Å². The summed E-state index contributed by atoms with van der Waals surface area (Å²) in [6.45, 7) is 2.34. The maximum Gasteiger partial charge on any atom is 0.161 e. The summed E-state index contributed by atoms with van der Waals surface area (Å²) >= 11 is 0. The first-order chi connectivity index (χ1) is 7.84. The molecule has 1 aliphatic heterocycles. The van der Waals surface area contributed by atoms with Crippen LogP contribution in [-0.2, 0) is 4.79 Å². The highest BCUT2D eigenvalue weighted by molar-refractivity contribution is 5.96. The van der Waals surface area contributed by atoms with Crippen LogP contribution in [0.15, 0.2) is 23.9 Å². The van der Waals surface area contributed by atoms with Crippen LogP contribution in [0.25, 0.3) is 0 Å². The Hall–Kier alpha value is -1.05. The first-order valence-corrected chi connectivity index (χ1v) is 6.53. The van der Waals surface area contributed by atoms with Gasteiger partial charge in [-0.1, -0.05) is 12.2 Å². The van der Waals surface area contributed by atoms with Crippen LogP contribution in [0.3, 0.4) is 0 Å². The molecule has 1 saturated carbocycles. The summed E-state index contributed by atoms with van der Waals surface area (Å²) in [4.78, 5) is 14.5. The molecule has 0 spiro atoms. The van der Waals surface area contributed by atoms with Crippen LogP contribution in [0.2, 0.25) is 0 Å². The van der Waals surface area contributed by atoms with E-state index in [1.54, 1.807) is 0 Å². The molecule has 4 atom stereocenters. The lowest BCUT2D eigenvalue weighted by Gasteiger charge is -2.29. The quantitative estimate of drug-likeness (QED) is 0.623. The second kappa shape index (κ2) is 2.99. The van der Waals surface area contributed by atoms with Crippen molar-refractivity contribution in [3.8, 4) is 0 Å². The van der Waals surface area contributed by atoms with Crippen molar-refractivity contribution in [2.24, 2.45) is 23.7 Å². The van der Waals surface area contributed by atoms with Crippen LogP contribution in [0, 0.1) is 23.7 Å². The third kappa shape index (κ3) is 1.00. The number of likely N-dealkylation sites (tertiary alicyclic amines) is 1. The Kier molecular flexibility index (Phi) is 1.69. The number of hydrogen-bond acceptors (Lipinski definition) is 2. The number of hydrogen-bond donors (Lipinski definition) is 0. The van der Waals surface area contributed by atoms with Gasteiger partial charge in [0.05, 0.1) is 0 Å². The largest absolute Gasteiger partial charge is 0.374 e. The van der Waals surface area contributed by atoms with E-state index in [-0.39, 0.29) is 0 Å². The van der Waals surface area contributed by atoms with Crippen LogP contribution in [0.5, 0.6) is 0 Å². The van der Waals surface area contributed by atoms with Crippen LogP contribution < -0.4 is 0 Å². The number of carbonyl (C=O) groups is 1. The van der Waals surface area contributed by atoms with E-state index in [2.05, 4.69) is 17.1 Å². The standard InChI is InChI=1S/C14H17NO/c16-12-8-11(15-5-1-2-6-15)13-9-3-4-10(7-9)14(12)13/h3-4,8-10,13-14H,1-2,5-7H2. The fourth-order valence-electron chi connectivity index (χ4n) is 4.23. The van der Waals surface area contributed by atoms with E-state index >= 15 is 0 Å². The van der Waals surface area contributed by atoms with E-state index in [1.807, 2.05) is 6.08 Å². The number of nitrogens with zero attached hydrogens (tertiary/aromatic N) is 1. The number of carbonyl (C=O) groups excluding carboxylic acids is 1. The van der Waals surface area contributed by atoms with E-state index in [4.69, 9.17) is 0 Å². The molecule has 4 rings (SSSR count). The summed E-state index contributed by atoms with van der Waals surface area (Å²) in [5, 5.41) is 0. The van der Waals surface area contributed by atoms with Gasteiger partial charge < -0.3 is 4.90 Å². The van der Waals surface area contributed by atoms with Gasteiger partial charge in [-0.25, -0.2) is 0 Å². The van der Waals surface area contributed by atoms with Crippen LogP contribution in [-0.4, -0.2) is 23.8 Å². The number of allylic oxidation sites excluding steroid dienone is 4. The van der Waals surface area contributed by atoms with Gasteiger partial charge in [0.2, 0.25) is 0 Å². The monoisotopic (exact) mass is 215 g/mol. The first-order valence-electron chi connectivity index (χ1n) is 6.53. The molecule has 0 aromatic carbocycles. The Morgan fingerprint density at radius 1 is 1.06 bits per heavy atom. The second-order valence-corrected chi connectivity index (χ2v) is 5.67. The van der Waals surface area contributed by atoms with Gasteiger partial charge in [0.25, 0.3) is 0 Å². The molecule has 0 aromatic rings. The van der Waals surface area contributed by atoms with E-state index in [9.17, 15) is 4.79 Å². The maximum atomic E-state index is 12.1. The summed E-state index contributed by atoms with van der Waals surface area (Å²) < 4.78 is 0. The van der Waals surface area contributed by atoms with Gasteiger partial charge in [0, 0.05) is 36.7 Å². The lowest BCUT2D eigenvalue weighted by atomic mass is 9.83. The zero-order chi connectivity index (χ0) is 10.7. The highest BCUT2D eigenvalue weighted by Gasteiger charge is 2.53. The van der Waals surface area contributed by atoms with Gasteiger partial charge in [0.15, 0.2) is 5.78 Å². The van der Waals surface area contributed by atoms with Crippen molar-refractivity contribution in [3.05, 3.63) is 23.9 Å². The fraction of sp³-hybridized carbons (Fsp3) is 0.643. The summed E-state index contributed by atoms with van der Waals surface area (Å²) in [6, 6.07) is 0. The van der Waals surface area contributed by atoms with E-state index < -0.39 is 0 Å². The molecule has 1 heterocycles.